The summed E-state index contributed by atoms with van der Waals surface area (Å²) in [6.07, 6.45) is -0.150. The van der Waals surface area contributed by atoms with Crippen LogP contribution in [-0.4, -0.2) is 44.9 Å². The third-order valence-electron chi connectivity index (χ3n) is 4.37. The summed E-state index contributed by atoms with van der Waals surface area (Å²) in [4.78, 5) is 36.5. The van der Waals surface area contributed by atoms with Gasteiger partial charge in [-0.2, -0.15) is 5.10 Å². The summed E-state index contributed by atoms with van der Waals surface area (Å²) < 4.78 is 6.78. The number of anilines is 2. The van der Waals surface area contributed by atoms with Gasteiger partial charge in [0, 0.05) is 30.7 Å². The predicted octanol–water partition coefficient (Wildman–Crippen LogP) is 3.67. The Morgan fingerprint density at radius 3 is 2.45 bits per heavy atom. The summed E-state index contributed by atoms with van der Waals surface area (Å²) in [7, 11) is 2.82. The fourth-order valence-electron chi connectivity index (χ4n) is 2.79. The number of halogens is 1. The molecule has 3 aromatic rings. The van der Waals surface area contributed by atoms with E-state index in [1.54, 1.807) is 14.0 Å². The molecule has 174 valence electrons. The Morgan fingerprint density at radius 1 is 1.12 bits per heavy atom. The smallest absolute Gasteiger partial charge is 0.358 e. The Balaban J connectivity index is 1.47. The second-order valence-corrected chi connectivity index (χ2v) is 9.45. The molecule has 0 saturated carbocycles. The van der Waals surface area contributed by atoms with Gasteiger partial charge in [0.15, 0.2) is 10.0 Å². The van der Waals surface area contributed by atoms with E-state index in [4.69, 9.17) is 16.3 Å². The normalized spacial score (nSPS) is 10.7. The first-order valence-corrected chi connectivity index (χ1v) is 11.9. The Bertz CT molecular complexity index is 1160. The largest absolute Gasteiger partial charge is 0.464 e. The fourth-order valence-corrected chi connectivity index (χ4v) is 4.64. The first-order valence-electron chi connectivity index (χ1n) is 9.69. The van der Waals surface area contributed by atoms with Crippen molar-refractivity contribution in [2.75, 3.05) is 17.7 Å². The van der Waals surface area contributed by atoms with Gasteiger partial charge in [0.1, 0.15) is 0 Å². The lowest BCUT2D eigenvalue weighted by molar-refractivity contribution is -0.121. The van der Waals surface area contributed by atoms with Crippen LogP contribution in [-0.2, 0) is 27.1 Å². The molecular weight excluding hydrogens is 488 g/mol. The number of nitrogens with zero attached hydrogens (tertiary/aromatic N) is 4. The van der Waals surface area contributed by atoms with Crippen LogP contribution in [0.5, 0.6) is 0 Å². The molecule has 0 radical (unpaired) electrons. The average Bonchev–Trinajstić information content (AvgIpc) is 3.34. The van der Waals surface area contributed by atoms with Crippen molar-refractivity contribution in [1.82, 2.24) is 20.0 Å². The third kappa shape index (κ3) is 6.76. The maximum atomic E-state index is 12.3. The lowest BCUT2D eigenvalue weighted by atomic mass is 10.2. The summed E-state index contributed by atoms with van der Waals surface area (Å²) >= 11 is 8.63. The molecule has 3 rings (SSSR count). The molecule has 0 fully saturated rings. The van der Waals surface area contributed by atoms with Gasteiger partial charge >= 0.3 is 5.97 Å². The number of nitrogens with one attached hydrogen (secondary N) is 2. The summed E-state index contributed by atoms with van der Waals surface area (Å²) in [6, 6.07) is 7.52. The molecule has 2 N–H and O–H groups in total. The van der Waals surface area contributed by atoms with Crippen LogP contribution in [0.15, 0.2) is 28.6 Å². The van der Waals surface area contributed by atoms with Crippen LogP contribution in [0.25, 0.3) is 0 Å². The SMILES string of the molecule is COC(=O)c1c(NC(=O)CCC(=O)Nc2nnc(SCc3ccc(Cl)cc3)s2)c(C)nn1C. The molecule has 0 aliphatic heterocycles. The number of carbonyl (C=O) groups is 3. The number of hydrogen-bond acceptors (Lipinski definition) is 9. The van der Waals surface area contributed by atoms with Crippen molar-refractivity contribution in [3.63, 3.8) is 0 Å². The highest BCUT2D eigenvalue weighted by Gasteiger charge is 2.22. The molecule has 33 heavy (non-hydrogen) atoms. The first kappa shape index (κ1) is 24.7. The number of carbonyl (C=O) groups excluding carboxylic acids is 3. The van der Waals surface area contributed by atoms with Crippen LogP contribution in [0.3, 0.4) is 0 Å². The Hall–Kier alpha value is -2.96. The van der Waals surface area contributed by atoms with Crippen LogP contribution in [0.1, 0.15) is 34.6 Å². The summed E-state index contributed by atoms with van der Waals surface area (Å²) in [5.74, 6) is -0.719. The van der Waals surface area contributed by atoms with Gasteiger partial charge in [0.05, 0.1) is 18.5 Å². The molecule has 1 aromatic carbocycles. The van der Waals surface area contributed by atoms with Crippen molar-refractivity contribution in [1.29, 1.82) is 0 Å². The minimum Gasteiger partial charge on any atom is -0.464 e. The van der Waals surface area contributed by atoms with E-state index >= 15 is 0 Å². The second kappa shape index (κ2) is 11.3. The molecule has 13 heteroatoms. The highest BCUT2D eigenvalue weighted by molar-refractivity contribution is 8.00. The van der Waals surface area contributed by atoms with Gasteiger partial charge in [0.25, 0.3) is 0 Å². The molecule has 0 aliphatic carbocycles. The molecule has 0 saturated heterocycles. The first-order chi connectivity index (χ1) is 15.8. The van der Waals surface area contributed by atoms with Crippen LogP contribution in [0.4, 0.5) is 10.8 Å². The highest BCUT2D eigenvalue weighted by Crippen LogP contribution is 2.28. The van der Waals surface area contributed by atoms with Gasteiger partial charge in [-0.05, 0) is 24.6 Å². The molecule has 0 unspecified atom stereocenters. The fraction of sp³-hybridized carbons (Fsp3) is 0.300. The van der Waals surface area contributed by atoms with Gasteiger partial charge in [-0.1, -0.05) is 46.8 Å². The van der Waals surface area contributed by atoms with Crippen molar-refractivity contribution in [2.45, 2.75) is 29.9 Å². The van der Waals surface area contributed by atoms with Crippen LogP contribution in [0.2, 0.25) is 5.02 Å². The zero-order chi connectivity index (χ0) is 24.0. The summed E-state index contributed by atoms with van der Waals surface area (Å²) in [5, 5.41) is 18.5. The molecular formula is C20H21ClN6O4S2. The zero-order valence-corrected chi connectivity index (χ0v) is 20.4. The lowest BCUT2D eigenvalue weighted by Crippen LogP contribution is -2.19. The minimum atomic E-state index is -0.618. The standard InChI is InChI=1S/C20H21ClN6O4S2/c1-11-16(17(18(30)31-3)27(2)26-11)22-14(28)8-9-15(29)23-19-24-25-20(33-19)32-10-12-4-6-13(21)7-5-12/h4-7H,8-10H2,1-3H3,(H,22,28)(H,23,24,29). The summed E-state index contributed by atoms with van der Waals surface area (Å²) in [5.41, 5.74) is 1.95. The average molecular weight is 509 g/mol. The Kier molecular flexibility index (Phi) is 8.42. The minimum absolute atomic E-state index is 0.0640. The van der Waals surface area contributed by atoms with E-state index < -0.39 is 11.9 Å². The molecule has 0 bridgehead atoms. The predicted molar refractivity (Wildman–Crippen MR) is 127 cm³/mol. The molecule has 0 aliphatic rings. The molecule has 2 amide bonds. The van der Waals surface area contributed by atoms with Crippen molar-refractivity contribution >= 4 is 63.3 Å². The molecule has 0 spiro atoms. The molecule has 2 heterocycles. The van der Waals surface area contributed by atoms with E-state index in [1.165, 1.54) is 34.9 Å². The van der Waals surface area contributed by atoms with Gasteiger partial charge in [-0.15, -0.1) is 10.2 Å². The van der Waals surface area contributed by atoms with E-state index in [0.717, 1.165) is 5.56 Å². The Morgan fingerprint density at radius 2 is 1.79 bits per heavy atom. The Labute approximate surface area is 203 Å². The number of thioether (sulfide) groups is 1. The van der Waals surface area contributed by atoms with Gasteiger partial charge in [-0.3, -0.25) is 14.3 Å². The number of esters is 1. The number of hydrogen-bond donors (Lipinski definition) is 2. The van der Waals surface area contributed by atoms with E-state index in [2.05, 4.69) is 25.9 Å². The maximum Gasteiger partial charge on any atom is 0.358 e. The quantitative estimate of drug-likeness (QED) is 0.254. The van der Waals surface area contributed by atoms with Crippen molar-refractivity contribution in [2.24, 2.45) is 7.05 Å². The van der Waals surface area contributed by atoms with Gasteiger partial charge < -0.3 is 15.4 Å². The van der Waals surface area contributed by atoms with E-state index in [9.17, 15) is 14.4 Å². The number of ether oxygens (including phenoxy) is 1. The van der Waals surface area contributed by atoms with E-state index in [0.29, 0.717) is 25.9 Å². The van der Waals surface area contributed by atoms with Gasteiger partial charge in [-0.25, -0.2) is 4.79 Å². The van der Waals surface area contributed by atoms with Gasteiger partial charge in [0.2, 0.25) is 16.9 Å². The zero-order valence-electron chi connectivity index (χ0n) is 18.0. The number of methoxy groups -OCH3 is 1. The number of benzene rings is 1. The van der Waals surface area contributed by atoms with Crippen molar-refractivity contribution in [3.05, 3.63) is 46.2 Å². The van der Waals surface area contributed by atoms with E-state index in [1.807, 2.05) is 24.3 Å². The topological polar surface area (TPSA) is 128 Å². The lowest BCUT2D eigenvalue weighted by Gasteiger charge is -2.07. The third-order valence-corrected chi connectivity index (χ3v) is 6.67. The second-order valence-electron chi connectivity index (χ2n) is 6.81. The molecule has 0 atom stereocenters. The van der Waals surface area contributed by atoms with Crippen LogP contribution in [0, 0.1) is 6.92 Å². The van der Waals surface area contributed by atoms with E-state index in [-0.39, 0.29) is 30.1 Å². The maximum absolute atomic E-state index is 12.3. The molecule has 2 aromatic heterocycles. The van der Waals surface area contributed by atoms with Crippen molar-refractivity contribution in [3.8, 4) is 0 Å². The van der Waals surface area contributed by atoms with Crippen molar-refractivity contribution < 1.29 is 19.1 Å². The molecule has 10 nitrogen and oxygen atoms in total. The number of rotatable bonds is 9. The summed E-state index contributed by atoms with van der Waals surface area (Å²) in [6.45, 7) is 1.66. The van der Waals surface area contributed by atoms with Crippen LogP contribution < -0.4 is 10.6 Å². The highest BCUT2D eigenvalue weighted by atomic mass is 35.5. The number of amides is 2. The monoisotopic (exact) mass is 508 g/mol. The number of aryl methyl sites for hydroxylation is 2. The number of aromatic nitrogens is 4. The van der Waals surface area contributed by atoms with Crippen LogP contribution >= 0.6 is 34.7 Å².